The summed E-state index contributed by atoms with van der Waals surface area (Å²) < 4.78 is 67.2. The minimum absolute atomic E-state index is 0. The molecule has 2 aromatic carbocycles. The molecule has 0 aromatic heterocycles. The molecule has 2 aromatic rings. The maximum Gasteiger partial charge on any atom is 1.00 e. The van der Waals surface area contributed by atoms with E-state index in [4.69, 9.17) is 0 Å². The van der Waals surface area contributed by atoms with Crippen LogP contribution in [0.25, 0.3) is 5.57 Å². The van der Waals surface area contributed by atoms with Gasteiger partial charge in [-0.05, 0) is 35.3 Å². The van der Waals surface area contributed by atoms with Gasteiger partial charge in [-0.25, -0.2) is 16.8 Å². The molecule has 1 aliphatic rings. The average Bonchev–Trinajstić information content (AvgIpc) is 2.61. The van der Waals surface area contributed by atoms with Gasteiger partial charge in [-0.1, -0.05) is 60.7 Å². The van der Waals surface area contributed by atoms with Crippen LogP contribution in [-0.2, 0) is 25.0 Å². The zero-order valence-corrected chi connectivity index (χ0v) is 21.0. The van der Waals surface area contributed by atoms with Crippen molar-refractivity contribution in [3.8, 4) is 0 Å². The van der Waals surface area contributed by atoms with Crippen LogP contribution in [0, 0.1) is 0 Å². The fourth-order valence-corrected chi connectivity index (χ4v) is 4.33. The van der Waals surface area contributed by atoms with Gasteiger partial charge in [-0.15, -0.1) is 0 Å². The Balaban J connectivity index is 0.00000196. The number of benzene rings is 2. The first-order valence-corrected chi connectivity index (χ1v) is 10.4. The fraction of sp³-hybridized carbons (Fsp3) is 0.111. The summed E-state index contributed by atoms with van der Waals surface area (Å²) in [5.41, 5.74) is 1.63. The summed E-state index contributed by atoms with van der Waals surface area (Å²) in [7, 11) is -9.21. The van der Waals surface area contributed by atoms with Crippen molar-refractivity contribution < 1.29 is 85.1 Å². The number of hydrogen-bond donors (Lipinski definition) is 0. The van der Waals surface area contributed by atoms with Crippen molar-refractivity contribution in [1.82, 2.24) is 0 Å². The van der Waals surface area contributed by atoms with Crippen molar-refractivity contribution in [2.75, 3.05) is 0 Å². The number of rotatable bonds is 4. The molecular formula is C18H14Na2O6S2. The van der Waals surface area contributed by atoms with Crippen molar-refractivity contribution in [2.45, 2.75) is 16.1 Å². The minimum atomic E-state index is -4.67. The molecule has 0 aliphatic heterocycles. The predicted octanol–water partition coefficient (Wildman–Crippen LogP) is -3.62. The van der Waals surface area contributed by atoms with Gasteiger partial charge in [0.15, 0.2) is 0 Å². The normalized spacial score (nSPS) is 19.1. The Labute approximate surface area is 208 Å². The Bertz CT molecular complexity index is 1090. The molecule has 0 spiro atoms. The SMILES string of the molecule is O=S(=O)([O-])c1ccc(C2=CCC(c3ccccc3)(S(=O)(=O)[O-])C=C2)cc1.[Na+].[Na+]. The first-order chi connectivity index (χ1) is 12.1. The molecule has 1 unspecified atom stereocenters. The second-order valence-electron chi connectivity index (χ2n) is 5.89. The maximum atomic E-state index is 12.0. The molecule has 1 aliphatic carbocycles. The van der Waals surface area contributed by atoms with Crippen LogP contribution in [0.5, 0.6) is 0 Å². The Morgan fingerprint density at radius 3 is 1.82 bits per heavy atom. The molecular weight excluding hydrogens is 422 g/mol. The van der Waals surface area contributed by atoms with Crippen LogP contribution in [0.15, 0.2) is 77.7 Å². The zero-order chi connectivity index (χ0) is 19.0. The molecule has 0 amide bonds. The van der Waals surface area contributed by atoms with Gasteiger partial charge < -0.3 is 9.11 Å². The van der Waals surface area contributed by atoms with Gasteiger partial charge in [0.2, 0.25) is 0 Å². The quantitative estimate of drug-likeness (QED) is 0.361. The Hall–Kier alpha value is -0.260. The summed E-state index contributed by atoms with van der Waals surface area (Å²) in [4.78, 5) is -0.345. The summed E-state index contributed by atoms with van der Waals surface area (Å²) in [5, 5.41) is 0. The Kier molecular flexibility index (Phi) is 8.93. The molecule has 0 saturated carbocycles. The molecule has 0 bridgehead atoms. The van der Waals surface area contributed by atoms with Gasteiger partial charge in [0.05, 0.1) is 4.90 Å². The van der Waals surface area contributed by atoms with Crippen molar-refractivity contribution in [3.05, 3.63) is 84.0 Å². The fourth-order valence-electron chi connectivity index (χ4n) is 2.91. The number of allylic oxidation sites excluding steroid dienone is 3. The van der Waals surface area contributed by atoms with Crippen LogP contribution >= 0.6 is 0 Å². The van der Waals surface area contributed by atoms with Crippen LogP contribution in [0.4, 0.5) is 0 Å². The number of hydrogen-bond acceptors (Lipinski definition) is 6. The van der Waals surface area contributed by atoms with E-state index >= 15 is 0 Å². The van der Waals surface area contributed by atoms with Crippen LogP contribution < -0.4 is 59.1 Å². The maximum absolute atomic E-state index is 12.0. The predicted molar refractivity (Wildman–Crippen MR) is 94.0 cm³/mol. The Morgan fingerprint density at radius 1 is 0.821 bits per heavy atom. The van der Waals surface area contributed by atoms with Gasteiger partial charge in [-0.2, -0.15) is 0 Å². The van der Waals surface area contributed by atoms with E-state index in [1.807, 2.05) is 0 Å². The molecule has 10 heteroatoms. The van der Waals surface area contributed by atoms with Crippen molar-refractivity contribution in [3.63, 3.8) is 0 Å². The third-order valence-corrected chi connectivity index (χ3v) is 6.62. The second-order valence-corrected chi connectivity index (χ2v) is 8.90. The monoisotopic (exact) mass is 436 g/mol. The summed E-state index contributed by atoms with van der Waals surface area (Å²) in [6, 6.07) is 13.5. The zero-order valence-electron chi connectivity index (χ0n) is 15.4. The topological polar surface area (TPSA) is 114 Å². The second kappa shape index (κ2) is 9.70. The van der Waals surface area contributed by atoms with Crippen molar-refractivity contribution in [2.24, 2.45) is 0 Å². The Morgan fingerprint density at radius 2 is 1.39 bits per heavy atom. The molecule has 28 heavy (non-hydrogen) atoms. The van der Waals surface area contributed by atoms with E-state index in [-0.39, 0.29) is 70.4 Å². The van der Waals surface area contributed by atoms with Crippen LogP contribution in [0.1, 0.15) is 17.5 Å². The van der Waals surface area contributed by atoms with Gasteiger partial charge >= 0.3 is 59.1 Å². The smallest absolute Gasteiger partial charge is 0.747 e. The first-order valence-electron chi connectivity index (χ1n) is 7.60. The third kappa shape index (κ3) is 5.26. The first kappa shape index (κ1) is 25.8. The van der Waals surface area contributed by atoms with E-state index in [1.54, 1.807) is 36.4 Å². The summed E-state index contributed by atoms with van der Waals surface area (Å²) >= 11 is 0. The molecule has 0 saturated heterocycles. The standard InChI is InChI=1S/C18H16O6S2.2Na/c19-25(20,21)17-8-6-14(7-9-17)15-10-12-18(13-11-15,26(22,23)24)16-4-2-1-3-5-16;;/h1-12H,13H2,(H,19,20,21)(H,22,23,24);;/q;2*+1/p-2. The van der Waals surface area contributed by atoms with Crippen LogP contribution in [-0.4, -0.2) is 25.9 Å². The molecule has 0 fully saturated rings. The third-order valence-electron chi connectivity index (χ3n) is 4.34. The van der Waals surface area contributed by atoms with E-state index < -0.39 is 25.0 Å². The van der Waals surface area contributed by atoms with E-state index in [0.717, 1.165) is 0 Å². The molecule has 1 atom stereocenters. The van der Waals surface area contributed by atoms with E-state index in [2.05, 4.69) is 0 Å². The summed E-state index contributed by atoms with van der Waals surface area (Å²) in [6.45, 7) is 0. The van der Waals surface area contributed by atoms with Crippen molar-refractivity contribution in [1.29, 1.82) is 0 Å². The average molecular weight is 436 g/mol. The van der Waals surface area contributed by atoms with Gasteiger partial charge in [-0.3, -0.25) is 0 Å². The minimum Gasteiger partial charge on any atom is -0.747 e. The molecule has 3 rings (SSSR count). The van der Waals surface area contributed by atoms with Gasteiger partial charge in [0.1, 0.15) is 25.0 Å². The van der Waals surface area contributed by atoms with Crippen LogP contribution in [0.2, 0.25) is 0 Å². The van der Waals surface area contributed by atoms with Gasteiger partial charge in [0.25, 0.3) is 0 Å². The molecule has 0 heterocycles. The van der Waals surface area contributed by atoms with E-state index in [9.17, 15) is 25.9 Å². The molecule has 0 N–H and O–H groups in total. The molecule has 0 radical (unpaired) electrons. The van der Waals surface area contributed by atoms with Crippen LogP contribution in [0.3, 0.4) is 0 Å². The van der Waals surface area contributed by atoms with E-state index in [0.29, 0.717) is 16.7 Å². The van der Waals surface area contributed by atoms with Gasteiger partial charge in [0, 0.05) is 0 Å². The summed E-state index contributed by atoms with van der Waals surface area (Å²) in [6.07, 6.45) is 4.45. The largest absolute Gasteiger partial charge is 1.00 e. The molecule has 6 nitrogen and oxygen atoms in total. The van der Waals surface area contributed by atoms with Crippen molar-refractivity contribution >= 4 is 25.8 Å². The molecule has 136 valence electrons. The summed E-state index contributed by atoms with van der Waals surface area (Å²) in [5.74, 6) is 0. The van der Waals surface area contributed by atoms with E-state index in [1.165, 1.54) is 36.4 Å².